The summed E-state index contributed by atoms with van der Waals surface area (Å²) in [5.41, 5.74) is 3.85. The van der Waals surface area contributed by atoms with Crippen molar-refractivity contribution >= 4 is 34.9 Å². The molecule has 2 aliphatic heterocycles. The van der Waals surface area contributed by atoms with E-state index < -0.39 is 17.7 Å². The van der Waals surface area contributed by atoms with Crippen LogP contribution in [-0.2, 0) is 16.0 Å². The molecule has 0 N–H and O–H groups in total. The predicted octanol–water partition coefficient (Wildman–Crippen LogP) is 2.45. The molecule has 1 fully saturated rings. The summed E-state index contributed by atoms with van der Waals surface area (Å²) in [6.07, 6.45) is 0.617. The van der Waals surface area contributed by atoms with Gasteiger partial charge in [0, 0.05) is 12.0 Å². The number of pyridine rings is 1. The topological polar surface area (TPSA) is 100 Å². The third-order valence-electron chi connectivity index (χ3n) is 5.81. The third-order valence-corrected chi connectivity index (χ3v) is 5.81. The second kappa shape index (κ2) is 8.82. The Labute approximate surface area is 195 Å². The van der Waals surface area contributed by atoms with Crippen LogP contribution >= 0.6 is 0 Å². The number of rotatable bonds is 5. The summed E-state index contributed by atoms with van der Waals surface area (Å²) < 4.78 is 0. The SMILES string of the molecule is O=C(CN1C(=O)CN(C(=O)c2cccc(C3=Nc4ccccc4C3)n2)CC1=O)c1ccccc1. The van der Waals surface area contributed by atoms with Crippen LogP contribution in [0.15, 0.2) is 77.8 Å². The lowest BCUT2D eigenvalue weighted by atomic mass is 10.1. The number of carbonyl (C=O) groups excluding carboxylic acids is 4. The molecule has 3 aromatic rings. The summed E-state index contributed by atoms with van der Waals surface area (Å²) in [5, 5.41) is 0. The van der Waals surface area contributed by atoms with Crippen molar-refractivity contribution in [3.8, 4) is 0 Å². The van der Waals surface area contributed by atoms with Gasteiger partial charge in [-0.1, -0.05) is 54.6 Å². The fraction of sp³-hybridized carbons (Fsp3) is 0.154. The Morgan fingerprint density at radius 2 is 1.53 bits per heavy atom. The van der Waals surface area contributed by atoms with Crippen molar-refractivity contribution in [2.24, 2.45) is 4.99 Å². The average Bonchev–Trinajstić information content (AvgIpc) is 3.30. The van der Waals surface area contributed by atoms with E-state index >= 15 is 0 Å². The van der Waals surface area contributed by atoms with Crippen LogP contribution in [0.4, 0.5) is 5.69 Å². The summed E-state index contributed by atoms with van der Waals surface area (Å²) in [6.45, 7) is -0.951. The Morgan fingerprint density at radius 1 is 0.824 bits per heavy atom. The maximum atomic E-state index is 13.1. The molecule has 168 valence electrons. The molecule has 2 aliphatic rings. The van der Waals surface area contributed by atoms with E-state index in [-0.39, 0.29) is 31.1 Å². The molecule has 0 bridgehead atoms. The third kappa shape index (κ3) is 4.13. The van der Waals surface area contributed by atoms with Crippen LogP contribution in [0.3, 0.4) is 0 Å². The Balaban J connectivity index is 1.28. The molecule has 0 spiro atoms. The van der Waals surface area contributed by atoms with Crippen molar-refractivity contribution < 1.29 is 19.2 Å². The molecule has 1 aromatic heterocycles. The molecular formula is C26H20N4O4. The number of fused-ring (bicyclic) bond motifs is 1. The number of hydrogen-bond acceptors (Lipinski definition) is 6. The number of aromatic nitrogens is 1. The van der Waals surface area contributed by atoms with E-state index in [2.05, 4.69) is 9.98 Å². The number of nitrogens with zero attached hydrogens (tertiary/aromatic N) is 4. The number of ketones is 1. The van der Waals surface area contributed by atoms with E-state index in [1.807, 2.05) is 24.3 Å². The number of para-hydroxylation sites is 1. The van der Waals surface area contributed by atoms with Crippen molar-refractivity contribution in [2.75, 3.05) is 19.6 Å². The molecule has 8 nitrogen and oxygen atoms in total. The minimum Gasteiger partial charge on any atom is -0.319 e. The molecule has 3 amide bonds. The summed E-state index contributed by atoms with van der Waals surface area (Å²) >= 11 is 0. The zero-order chi connectivity index (χ0) is 23.7. The molecule has 0 radical (unpaired) electrons. The van der Waals surface area contributed by atoms with Crippen LogP contribution in [0.25, 0.3) is 0 Å². The standard InChI is InChI=1S/C26H20N4O4/c31-23(17-7-2-1-3-8-17)14-30-24(32)15-29(16-25(30)33)26(34)21-12-6-11-20(28-21)22-13-18-9-4-5-10-19(18)27-22/h1-12H,13-16H2. The lowest BCUT2D eigenvalue weighted by Crippen LogP contribution is -2.56. The van der Waals surface area contributed by atoms with Crippen LogP contribution in [0.5, 0.6) is 0 Å². The van der Waals surface area contributed by atoms with Gasteiger partial charge in [0.25, 0.3) is 5.91 Å². The Hall–Kier alpha value is -4.46. The summed E-state index contributed by atoms with van der Waals surface area (Å²) in [7, 11) is 0. The van der Waals surface area contributed by atoms with E-state index in [1.165, 1.54) is 0 Å². The molecule has 0 atom stereocenters. The summed E-state index contributed by atoms with van der Waals surface area (Å²) in [6, 6.07) is 21.3. The monoisotopic (exact) mass is 452 g/mol. The maximum absolute atomic E-state index is 13.1. The fourth-order valence-electron chi connectivity index (χ4n) is 4.03. The smallest absolute Gasteiger partial charge is 0.273 e. The highest BCUT2D eigenvalue weighted by atomic mass is 16.2. The Morgan fingerprint density at radius 3 is 2.26 bits per heavy atom. The number of Topliss-reactive ketones (excluding diaryl/α,β-unsaturated/α-hetero) is 1. The molecule has 5 rings (SSSR count). The average molecular weight is 452 g/mol. The molecule has 8 heteroatoms. The first-order chi connectivity index (χ1) is 16.5. The van der Waals surface area contributed by atoms with Gasteiger partial charge in [-0.2, -0.15) is 0 Å². The molecule has 2 aromatic carbocycles. The number of aliphatic imine (C=N–C) groups is 1. The highest BCUT2D eigenvalue weighted by molar-refractivity contribution is 6.10. The van der Waals surface area contributed by atoms with Crippen molar-refractivity contribution in [2.45, 2.75) is 6.42 Å². The molecule has 0 unspecified atom stereocenters. The molecular weight excluding hydrogens is 432 g/mol. The molecule has 0 aliphatic carbocycles. The van der Waals surface area contributed by atoms with Crippen molar-refractivity contribution in [3.05, 3.63) is 95.3 Å². The second-order valence-corrected chi connectivity index (χ2v) is 8.10. The van der Waals surface area contributed by atoms with Gasteiger partial charge in [-0.25, -0.2) is 4.98 Å². The first-order valence-electron chi connectivity index (χ1n) is 10.8. The van der Waals surface area contributed by atoms with Gasteiger partial charge < -0.3 is 4.90 Å². The zero-order valence-electron chi connectivity index (χ0n) is 18.2. The van der Waals surface area contributed by atoms with Gasteiger partial charge in [-0.3, -0.25) is 29.1 Å². The highest BCUT2D eigenvalue weighted by Crippen LogP contribution is 2.28. The number of hydrogen-bond donors (Lipinski definition) is 0. The first-order valence-corrected chi connectivity index (χ1v) is 10.8. The summed E-state index contributed by atoms with van der Waals surface area (Å²) in [4.78, 5) is 61.9. The summed E-state index contributed by atoms with van der Waals surface area (Å²) in [5.74, 6) is -2.05. The minimum atomic E-state index is -0.597. The highest BCUT2D eigenvalue weighted by Gasteiger charge is 2.35. The lowest BCUT2D eigenvalue weighted by molar-refractivity contribution is -0.149. The van der Waals surface area contributed by atoms with E-state index in [0.717, 1.165) is 26.8 Å². The normalized spacial score (nSPS) is 15.2. The minimum absolute atomic E-state index is 0.130. The van der Waals surface area contributed by atoms with Gasteiger partial charge in [0.15, 0.2) is 5.78 Å². The van der Waals surface area contributed by atoms with E-state index in [9.17, 15) is 19.2 Å². The lowest BCUT2D eigenvalue weighted by Gasteiger charge is -2.32. The number of imide groups is 1. The van der Waals surface area contributed by atoms with Gasteiger partial charge in [-0.05, 0) is 23.8 Å². The van der Waals surface area contributed by atoms with Crippen LogP contribution < -0.4 is 0 Å². The van der Waals surface area contributed by atoms with Crippen molar-refractivity contribution in [3.63, 3.8) is 0 Å². The first kappa shape index (κ1) is 21.4. The van der Waals surface area contributed by atoms with Crippen LogP contribution in [0.2, 0.25) is 0 Å². The van der Waals surface area contributed by atoms with Crippen LogP contribution in [0.1, 0.15) is 32.1 Å². The molecule has 0 saturated carbocycles. The van der Waals surface area contributed by atoms with Gasteiger partial charge in [0.1, 0.15) is 18.8 Å². The largest absolute Gasteiger partial charge is 0.319 e. The van der Waals surface area contributed by atoms with Gasteiger partial charge in [-0.15, -0.1) is 0 Å². The van der Waals surface area contributed by atoms with E-state index in [0.29, 0.717) is 17.7 Å². The van der Waals surface area contributed by atoms with Gasteiger partial charge in [0.05, 0.1) is 23.6 Å². The molecule has 34 heavy (non-hydrogen) atoms. The fourth-order valence-corrected chi connectivity index (χ4v) is 4.03. The van der Waals surface area contributed by atoms with Crippen molar-refractivity contribution in [1.29, 1.82) is 0 Å². The number of piperazine rings is 1. The van der Waals surface area contributed by atoms with Crippen LogP contribution in [0, 0.1) is 0 Å². The van der Waals surface area contributed by atoms with Crippen molar-refractivity contribution in [1.82, 2.24) is 14.8 Å². The Bertz CT molecular complexity index is 1330. The predicted molar refractivity (Wildman–Crippen MR) is 124 cm³/mol. The maximum Gasteiger partial charge on any atom is 0.273 e. The van der Waals surface area contributed by atoms with Gasteiger partial charge >= 0.3 is 0 Å². The van der Waals surface area contributed by atoms with E-state index in [4.69, 9.17) is 0 Å². The molecule has 3 heterocycles. The number of amides is 3. The Kier molecular flexibility index (Phi) is 5.55. The quantitative estimate of drug-likeness (QED) is 0.437. The second-order valence-electron chi connectivity index (χ2n) is 8.10. The van der Waals surface area contributed by atoms with Gasteiger partial charge in [0.2, 0.25) is 11.8 Å². The zero-order valence-corrected chi connectivity index (χ0v) is 18.2. The number of carbonyl (C=O) groups is 4. The van der Waals surface area contributed by atoms with E-state index in [1.54, 1.807) is 48.5 Å². The number of benzene rings is 2. The van der Waals surface area contributed by atoms with Crippen LogP contribution in [-0.4, -0.2) is 63.6 Å². The molecule has 1 saturated heterocycles.